The van der Waals surface area contributed by atoms with Crippen LogP contribution in [0.2, 0.25) is 10.0 Å². The molecule has 0 radical (unpaired) electrons. The maximum Gasteiger partial charge on any atom is 0.242 e. The van der Waals surface area contributed by atoms with Gasteiger partial charge >= 0.3 is 0 Å². The van der Waals surface area contributed by atoms with Gasteiger partial charge in [0.25, 0.3) is 0 Å². The van der Waals surface area contributed by atoms with Crippen molar-refractivity contribution in [3.8, 4) is 11.5 Å². The molecule has 0 aliphatic carbocycles. The minimum absolute atomic E-state index is 0.0653. The van der Waals surface area contributed by atoms with Gasteiger partial charge in [0, 0.05) is 27.1 Å². The predicted molar refractivity (Wildman–Crippen MR) is 140 cm³/mol. The van der Waals surface area contributed by atoms with Gasteiger partial charge in [0.15, 0.2) is 11.5 Å². The summed E-state index contributed by atoms with van der Waals surface area (Å²) in [6.45, 7) is 2.38. The van der Waals surface area contributed by atoms with Gasteiger partial charge < -0.3 is 9.47 Å². The lowest BCUT2D eigenvalue weighted by Gasteiger charge is -2.19. The van der Waals surface area contributed by atoms with Gasteiger partial charge in [-0.1, -0.05) is 29.3 Å². The van der Waals surface area contributed by atoms with Gasteiger partial charge in [0.2, 0.25) is 5.91 Å². The Bertz CT molecular complexity index is 985. The van der Waals surface area contributed by atoms with E-state index in [1.807, 2.05) is 35.7 Å². The Kier molecular flexibility index (Phi) is 9.10. The van der Waals surface area contributed by atoms with Crippen molar-refractivity contribution >= 4 is 81.4 Å². The maximum atomic E-state index is 12.2. The standard InChI is InChI=1S/C21H21Cl2IN2O3S2/c1-21(30-5-6-31-21)10-19(27)26-25-11-13-7-17(24)20(18(8-13)28-2)29-12-14-3-4-15(22)9-16(14)23/h3-4,7-9,11H,5-6,10,12H2,1-2H3,(H,26,27)/b25-11-. The topological polar surface area (TPSA) is 59.9 Å². The monoisotopic (exact) mass is 610 g/mol. The molecule has 0 saturated carbocycles. The number of thioether (sulfide) groups is 2. The Balaban J connectivity index is 1.64. The molecule has 1 N–H and O–H groups in total. The number of carbonyl (C=O) groups excluding carboxylic acids is 1. The summed E-state index contributed by atoms with van der Waals surface area (Å²) in [7, 11) is 1.58. The average molecular weight is 611 g/mol. The van der Waals surface area contributed by atoms with E-state index in [2.05, 4.69) is 40.0 Å². The Morgan fingerprint density at radius 2 is 2.03 bits per heavy atom. The Hall–Kier alpha value is -0.810. The molecule has 10 heteroatoms. The van der Waals surface area contributed by atoms with E-state index >= 15 is 0 Å². The molecule has 0 atom stereocenters. The predicted octanol–water partition coefficient (Wildman–Crippen LogP) is 6.22. The smallest absolute Gasteiger partial charge is 0.242 e. The molecule has 0 aromatic heterocycles. The number of hydrogen-bond donors (Lipinski definition) is 1. The maximum absolute atomic E-state index is 12.2. The van der Waals surface area contributed by atoms with Gasteiger partial charge in [0.1, 0.15) is 6.61 Å². The fraction of sp³-hybridized carbons (Fsp3) is 0.333. The molecule has 166 valence electrons. The number of carbonyl (C=O) groups is 1. The molecule has 0 unspecified atom stereocenters. The normalized spacial score (nSPS) is 15.3. The number of rotatable bonds is 8. The third-order valence-corrected chi connectivity index (χ3v) is 9.10. The first-order valence-electron chi connectivity index (χ1n) is 9.34. The molecule has 0 spiro atoms. The first-order valence-corrected chi connectivity index (χ1v) is 13.1. The fourth-order valence-electron chi connectivity index (χ4n) is 2.91. The number of benzene rings is 2. The summed E-state index contributed by atoms with van der Waals surface area (Å²) in [6, 6.07) is 8.99. The molecular weight excluding hydrogens is 590 g/mol. The highest BCUT2D eigenvalue weighted by Crippen LogP contribution is 2.45. The summed E-state index contributed by atoms with van der Waals surface area (Å²) in [6.07, 6.45) is 2.03. The van der Waals surface area contributed by atoms with Crippen molar-refractivity contribution < 1.29 is 14.3 Å². The highest BCUT2D eigenvalue weighted by atomic mass is 127. The second-order valence-electron chi connectivity index (χ2n) is 6.86. The summed E-state index contributed by atoms with van der Waals surface area (Å²) in [5.74, 6) is 3.24. The van der Waals surface area contributed by atoms with Crippen LogP contribution in [0.4, 0.5) is 0 Å². The van der Waals surface area contributed by atoms with E-state index in [-0.39, 0.29) is 16.6 Å². The van der Waals surface area contributed by atoms with Crippen LogP contribution in [0, 0.1) is 3.57 Å². The highest BCUT2D eigenvalue weighted by molar-refractivity contribution is 14.1. The first-order chi connectivity index (χ1) is 14.8. The van der Waals surface area contributed by atoms with Gasteiger partial charge in [-0.25, -0.2) is 5.43 Å². The molecule has 1 fully saturated rings. The SMILES string of the molecule is COc1cc(/C=N\NC(=O)CC2(C)SCCS2)cc(I)c1OCc1ccc(Cl)cc1Cl. The molecule has 2 aromatic rings. The molecule has 1 aliphatic rings. The average Bonchev–Trinajstić information content (AvgIpc) is 3.13. The third-order valence-electron chi connectivity index (χ3n) is 4.42. The second-order valence-corrected chi connectivity index (χ2v) is 12.3. The number of halogens is 3. The molecule has 31 heavy (non-hydrogen) atoms. The lowest BCUT2D eigenvalue weighted by molar-refractivity contribution is -0.121. The van der Waals surface area contributed by atoms with Crippen LogP contribution in [0.25, 0.3) is 0 Å². The summed E-state index contributed by atoms with van der Waals surface area (Å²) in [5.41, 5.74) is 4.23. The molecule has 1 heterocycles. The Morgan fingerprint density at radius 1 is 1.29 bits per heavy atom. The van der Waals surface area contributed by atoms with E-state index in [0.717, 1.165) is 26.2 Å². The number of nitrogens with zero attached hydrogens (tertiary/aromatic N) is 1. The lowest BCUT2D eigenvalue weighted by atomic mass is 10.2. The molecular formula is C21H21Cl2IN2O3S2. The summed E-state index contributed by atoms with van der Waals surface area (Å²) >= 11 is 18.0. The van der Waals surface area contributed by atoms with Crippen LogP contribution in [0.15, 0.2) is 35.4 Å². The van der Waals surface area contributed by atoms with Crippen molar-refractivity contribution in [3.63, 3.8) is 0 Å². The van der Waals surface area contributed by atoms with Crippen LogP contribution >= 0.6 is 69.3 Å². The number of hydrazone groups is 1. The van der Waals surface area contributed by atoms with Crippen molar-refractivity contribution in [3.05, 3.63) is 55.1 Å². The largest absolute Gasteiger partial charge is 0.493 e. The molecule has 5 nitrogen and oxygen atoms in total. The van der Waals surface area contributed by atoms with Gasteiger partial charge in [0.05, 0.1) is 27.4 Å². The minimum atomic E-state index is -0.0953. The fourth-order valence-corrected chi connectivity index (χ4v) is 6.99. The zero-order chi connectivity index (χ0) is 22.4. The van der Waals surface area contributed by atoms with Gasteiger partial charge in [-0.15, -0.1) is 23.5 Å². The molecule has 3 rings (SSSR count). The van der Waals surface area contributed by atoms with E-state index < -0.39 is 0 Å². The highest BCUT2D eigenvalue weighted by Gasteiger charge is 2.32. The minimum Gasteiger partial charge on any atom is -0.493 e. The molecule has 1 saturated heterocycles. The molecule has 1 aliphatic heterocycles. The van der Waals surface area contributed by atoms with E-state index in [1.54, 1.807) is 31.5 Å². The quantitative estimate of drug-likeness (QED) is 0.218. The van der Waals surface area contributed by atoms with Crippen LogP contribution in [-0.2, 0) is 11.4 Å². The zero-order valence-electron chi connectivity index (χ0n) is 16.9. The molecule has 1 amide bonds. The summed E-state index contributed by atoms with van der Waals surface area (Å²) in [5, 5.41) is 5.22. The van der Waals surface area contributed by atoms with Crippen molar-refractivity contribution in [2.75, 3.05) is 18.6 Å². The van der Waals surface area contributed by atoms with Crippen molar-refractivity contribution in [2.24, 2.45) is 5.10 Å². The van der Waals surface area contributed by atoms with Crippen molar-refractivity contribution in [1.29, 1.82) is 0 Å². The first kappa shape index (κ1) is 24.8. The number of ether oxygens (including phenoxy) is 2. The molecule has 2 aromatic carbocycles. The van der Waals surface area contributed by atoms with Crippen molar-refractivity contribution in [2.45, 2.75) is 24.0 Å². The van der Waals surface area contributed by atoms with Crippen LogP contribution in [0.3, 0.4) is 0 Å². The van der Waals surface area contributed by atoms with Crippen LogP contribution in [0.1, 0.15) is 24.5 Å². The summed E-state index contributed by atoms with van der Waals surface area (Å²) in [4.78, 5) is 12.2. The number of hydrogen-bond acceptors (Lipinski definition) is 6. The van der Waals surface area contributed by atoms with Gasteiger partial charge in [-0.2, -0.15) is 5.10 Å². The van der Waals surface area contributed by atoms with E-state index in [1.165, 1.54) is 0 Å². The molecule has 0 bridgehead atoms. The van der Waals surface area contributed by atoms with E-state index in [4.69, 9.17) is 32.7 Å². The van der Waals surface area contributed by atoms with Gasteiger partial charge in [-0.3, -0.25) is 4.79 Å². The van der Waals surface area contributed by atoms with Crippen LogP contribution in [0.5, 0.6) is 11.5 Å². The number of nitrogens with one attached hydrogen (secondary N) is 1. The zero-order valence-corrected chi connectivity index (χ0v) is 22.2. The summed E-state index contributed by atoms with van der Waals surface area (Å²) < 4.78 is 12.2. The second kappa shape index (κ2) is 11.4. The van der Waals surface area contributed by atoms with Crippen molar-refractivity contribution in [1.82, 2.24) is 5.43 Å². The third kappa shape index (κ3) is 7.08. The Labute approximate surface area is 214 Å². The lowest BCUT2D eigenvalue weighted by Crippen LogP contribution is -2.26. The Morgan fingerprint density at radius 3 is 2.71 bits per heavy atom. The van der Waals surface area contributed by atoms with E-state index in [0.29, 0.717) is 28.0 Å². The van der Waals surface area contributed by atoms with Gasteiger partial charge in [-0.05, 0) is 59.3 Å². The van der Waals surface area contributed by atoms with E-state index in [9.17, 15) is 4.79 Å². The van der Waals surface area contributed by atoms with Crippen LogP contribution in [-0.4, -0.2) is 34.8 Å². The number of methoxy groups -OCH3 is 1. The van der Waals surface area contributed by atoms with Crippen LogP contribution < -0.4 is 14.9 Å². The number of amides is 1.